The van der Waals surface area contributed by atoms with E-state index in [9.17, 15) is 5.26 Å². The van der Waals surface area contributed by atoms with Crippen molar-refractivity contribution in [2.45, 2.75) is 33.2 Å². The van der Waals surface area contributed by atoms with Gasteiger partial charge in [-0.2, -0.15) is 15.5 Å². The van der Waals surface area contributed by atoms with Gasteiger partial charge in [-0.1, -0.05) is 13.8 Å². The Balaban J connectivity index is 2.22. The van der Waals surface area contributed by atoms with E-state index in [0.717, 1.165) is 42.9 Å². The molecule has 0 saturated carbocycles. The van der Waals surface area contributed by atoms with Crippen LogP contribution in [0, 0.1) is 11.3 Å². The highest BCUT2D eigenvalue weighted by atomic mass is 15.3. The summed E-state index contributed by atoms with van der Waals surface area (Å²) in [4.78, 5) is 2.10. The van der Waals surface area contributed by atoms with Gasteiger partial charge in [0.15, 0.2) is 5.82 Å². The van der Waals surface area contributed by atoms with Gasteiger partial charge in [0.05, 0.1) is 24.1 Å². The fourth-order valence-corrected chi connectivity index (χ4v) is 2.37. The summed E-state index contributed by atoms with van der Waals surface area (Å²) in [5, 5.41) is 25.4. The van der Waals surface area contributed by atoms with Crippen molar-refractivity contribution >= 4 is 11.5 Å². The lowest BCUT2D eigenvalue weighted by Crippen LogP contribution is -2.18. The summed E-state index contributed by atoms with van der Waals surface area (Å²) in [6, 6.07) is 2.26. The van der Waals surface area contributed by atoms with Crippen molar-refractivity contribution < 1.29 is 0 Å². The predicted molar refractivity (Wildman–Crippen MR) is 89.6 cm³/mol. The summed E-state index contributed by atoms with van der Waals surface area (Å²) >= 11 is 0. The molecule has 0 aromatic carbocycles. The predicted octanol–water partition coefficient (Wildman–Crippen LogP) is 1.97. The lowest BCUT2D eigenvalue weighted by Gasteiger charge is -2.11. The van der Waals surface area contributed by atoms with E-state index in [1.54, 1.807) is 6.20 Å². The van der Waals surface area contributed by atoms with Crippen molar-refractivity contribution in [3.05, 3.63) is 29.2 Å². The molecule has 2 heterocycles. The Morgan fingerprint density at radius 1 is 1.26 bits per heavy atom. The molecule has 7 nitrogen and oxygen atoms in total. The molecule has 0 amide bonds. The molecule has 122 valence electrons. The van der Waals surface area contributed by atoms with Gasteiger partial charge in [-0.15, -0.1) is 5.10 Å². The van der Waals surface area contributed by atoms with E-state index in [1.165, 1.54) is 0 Å². The van der Waals surface area contributed by atoms with Crippen molar-refractivity contribution in [3.63, 3.8) is 0 Å². The second kappa shape index (κ2) is 7.70. The van der Waals surface area contributed by atoms with E-state index < -0.39 is 0 Å². The van der Waals surface area contributed by atoms with Gasteiger partial charge in [-0.25, -0.2) is 0 Å². The van der Waals surface area contributed by atoms with Crippen LogP contribution in [-0.2, 0) is 19.4 Å². The number of nitrogens with one attached hydrogen (secondary N) is 1. The number of nitrogens with zero attached hydrogens (tertiary/aromatic N) is 6. The second-order valence-corrected chi connectivity index (χ2v) is 5.59. The van der Waals surface area contributed by atoms with E-state index in [2.05, 4.69) is 31.6 Å². The van der Waals surface area contributed by atoms with Gasteiger partial charge in [0.25, 0.3) is 0 Å². The zero-order chi connectivity index (χ0) is 16.8. The number of hydrogen-bond donors (Lipinski definition) is 1. The lowest BCUT2D eigenvalue weighted by atomic mass is 10.0. The van der Waals surface area contributed by atoms with Gasteiger partial charge in [-0.05, 0) is 32.5 Å². The van der Waals surface area contributed by atoms with E-state index in [-0.39, 0.29) is 0 Å². The average Bonchev–Trinajstić information content (AvgIpc) is 2.99. The minimum atomic E-state index is 0.494. The van der Waals surface area contributed by atoms with Crippen molar-refractivity contribution in [2.75, 3.05) is 26.0 Å². The quantitative estimate of drug-likeness (QED) is 0.841. The highest BCUT2D eigenvalue weighted by Gasteiger charge is 2.14. The van der Waals surface area contributed by atoms with Gasteiger partial charge in [0.1, 0.15) is 11.6 Å². The van der Waals surface area contributed by atoms with Crippen LogP contribution in [0.15, 0.2) is 12.4 Å². The largest absolute Gasteiger partial charge is 0.335 e. The van der Waals surface area contributed by atoms with Crippen LogP contribution in [0.3, 0.4) is 0 Å². The highest BCUT2D eigenvalue weighted by Crippen LogP contribution is 2.23. The van der Waals surface area contributed by atoms with Crippen molar-refractivity contribution in [3.8, 4) is 6.07 Å². The third-order valence-corrected chi connectivity index (χ3v) is 3.63. The molecule has 0 aliphatic carbocycles. The minimum Gasteiger partial charge on any atom is -0.335 e. The number of likely N-dealkylation sites (N-methyl/N-ethyl adjacent to an activating group) is 1. The van der Waals surface area contributed by atoms with Crippen LogP contribution < -0.4 is 5.32 Å². The zero-order valence-electron chi connectivity index (χ0n) is 14.2. The standard InChI is InChI=1S/C16H23N7/c1-5-13-14(9-17)16(21-20-15(13)6-2)19-12-10-18-23(11-12)8-7-22(3)4/h10-11H,5-8H2,1-4H3,(H,19,21). The maximum Gasteiger partial charge on any atom is 0.171 e. The topological polar surface area (TPSA) is 82.7 Å². The maximum atomic E-state index is 9.49. The molecule has 1 N–H and O–H groups in total. The molecule has 0 aliphatic rings. The first-order chi connectivity index (χ1) is 11.1. The number of aryl methyl sites for hydroxylation is 1. The molecule has 0 unspecified atom stereocenters. The van der Waals surface area contributed by atoms with Crippen LogP contribution in [0.25, 0.3) is 0 Å². The van der Waals surface area contributed by atoms with E-state index >= 15 is 0 Å². The Labute approximate surface area is 136 Å². The Morgan fingerprint density at radius 3 is 2.65 bits per heavy atom. The molecule has 2 aromatic heterocycles. The summed E-state index contributed by atoms with van der Waals surface area (Å²) in [6.45, 7) is 5.77. The number of nitriles is 1. The molecular weight excluding hydrogens is 290 g/mol. The highest BCUT2D eigenvalue weighted by molar-refractivity contribution is 5.63. The van der Waals surface area contributed by atoms with Crippen LogP contribution in [0.4, 0.5) is 11.5 Å². The van der Waals surface area contributed by atoms with Crippen molar-refractivity contribution in [1.82, 2.24) is 24.9 Å². The first kappa shape index (κ1) is 16.9. The molecule has 0 fully saturated rings. The molecule has 7 heteroatoms. The monoisotopic (exact) mass is 313 g/mol. The molecule has 0 atom stereocenters. The third kappa shape index (κ3) is 4.05. The smallest absolute Gasteiger partial charge is 0.171 e. The van der Waals surface area contributed by atoms with E-state index in [1.807, 2.05) is 38.8 Å². The summed E-state index contributed by atoms with van der Waals surface area (Å²) in [5.41, 5.74) is 3.23. The molecule has 2 rings (SSSR count). The number of aromatic nitrogens is 4. The van der Waals surface area contributed by atoms with Crippen LogP contribution >= 0.6 is 0 Å². The summed E-state index contributed by atoms with van der Waals surface area (Å²) in [7, 11) is 4.05. The number of anilines is 2. The van der Waals surface area contributed by atoms with E-state index in [4.69, 9.17) is 0 Å². The first-order valence-corrected chi connectivity index (χ1v) is 7.81. The Bertz CT molecular complexity index is 697. The van der Waals surface area contributed by atoms with Crippen molar-refractivity contribution in [1.29, 1.82) is 5.26 Å². The van der Waals surface area contributed by atoms with Crippen LogP contribution in [0.5, 0.6) is 0 Å². The molecule has 0 bridgehead atoms. The average molecular weight is 313 g/mol. The fourth-order valence-electron chi connectivity index (χ4n) is 2.37. The normalized spacial score (nSPS) is 10.8. The molecule has 2 aromatic rings. The molecular formula is C16H23N7. The SMILES string of the molecule is CCc1nnc(Nc2cnn(CCN(C)C)c2)c(C#N)c1CC. The van der Waals surface area contributed by atoms with Gasteiger partial charge >= 0.3 is 0 Å². The van der Waals surface area contributed by atoms with E-state index in [0.29, 0.717) is 11.4 Å². The molecule has 0 spiro atoms. The van der Waals surface area contributed by atoms with Gasteiger partial charge in [0, 0.05) is 12.7 Å². The maximum absolute atomic E-state index is 9.49. The summed E-state index contributed by atoms with van der Waals surface area (Å²) in [6.07, 6.45) is 5.18. The molecule has 0 aliphatic heterocycles. The minimum absolute atomic E-state index is 0.494. The van der Waals surface area contributed by atoms with Crippen LogP contribution in [0.2, 0.25) is 0 Å². The number of hydrogen-bond acceptors (Lipinski definition) is 6. The summed E-state index contributed by atoms with van der Waals surface area (Å²) in [5.74, 6) is 0.494. The molecule has 23 heavy (non-hydrogen) atoms. The molecule has 0 saturated heterocycles. The Kier molecular flexibility index (Phi) is 5.66. The second-order valence-electron chi connectivity index (χ2n) is 5.59. The summed E-state index contributed by atoms with van der Waals surface area (Å²) < 4.78 is 1.86. The Morgan fingerprint density at radius 2 is 2.04 bits per heavy atom. The fraction of sp³-hybridized carbons (Fsp3) is 0.500. The van der Waals surface area contributed by atoms with Crippen molar-refractivity contribution in [2.24, 2.45) is 0 Å². The third-order valence-electron chi connectivity index (χ3n) is 3.63. The Hall–Kier alpha value is -2.46. The first-order valence-electron chi connectivity index (χ1n) is 7.81. The van der Waals surface area contributed by atoms with Crippen LogP contribution in [0.1, 0.15) is 30.7 Å². The van der Waals surface area contributed by atoms with Crippen LogP contribution in [-0.4, -0.2) is 45.5 Å². The van der Waals surface area contributed by atoms with Gasteiger partial charge in [0.2, 0.25) is 0 Å². The van der Waals surface area contributed by atoms with Gasteiger partial charge < -0.3 is 10.2 Å². The zero-order valence-corrected chi connectivity index (χ0v) is 14.2. The number of rotatable bonds is 7. The lowest BCUT2D eigenvalue weighted by molar-refractivity contribution is 0.373. The molecule has 0 radical (unpaired) electrons. The van der Waals surface area contributed by atoms with Gasteiger partial charge in [-0.3, -0.25) is 4.68 Å².